The summed E-state index contributed by atoms with van der Waals surface area (Å²) in [6, 6.07) is 0.184. The van der Waals surface area contributed by atoms with Gasteiger partial charge in [-0.3, -0.25) is 4.98 Å². The second-order valence-electron chi connectivity index (χ2n) is 8.11. The summed E-state index contributed by atoms with van der Waals surface area (Å²) >= 11 is 0. The molecule has 5 aliphatic carbocycles. The van der Waals surface area contributed by atoms with Crippen LogP contribution in [0, 0.1) is 17.8 Å². The Hall–Kier alpha value is -1.91. The molecule has 4 nitrogen and oxygen atoms in total. The lowest BCUT2D eigenvalue weighted by Crippen LogP contribution is -2.57. The summed E-state index contributed by atoms with van der Waals surface area (Å²) in [5, 5.41) is 13.1. The first-order valence-corrected chi connectivity index (χ1v) is 8.89. The number of rotatable bonds is 3. The highest BCUT2D eigenvalue weighted by atomic mass is 19.1. The van der Waals surface area contributed by atoms with E-state index in [0.717, 1.165) is 36.9 Å². The SMILES string of the molecule is O=C(O)c1cnc2c(c1NC1C3CC4CC1CC(F)(C4)C3)C=CC2. The fourth-order valence-electron chi connectivity index (χ4n) is 5.84. The van der Waals surface area contributed by atoms with Crippen molar-refractivity contribution >= 4 is 17.7 Å². The molecule has 4 fully saturated rings. The molecule has 0 aromatic carbocycles. The summed E-state index contributed by atoms with van der Waals surface area (Å²) in [5.41, 5.74) is 1.77. The van der Waals surface area contributed by atoms with E-state index in [1.165, 1.54) is 6.20 Å². The van der Waals surface area contributed by atoms with Crippen LogP contribution in [0.2, 0.25) is 0 Å². The summed E-state index contributed by atoms with van der Waals surface area (Å²) in [7, 11) is 0. The first-order chi connectivity index (χ1) is 11.5. The zero-order valence-electron chi connectivity index (χ0n) is 13.5. The third-order valence-electron chi connectivity index (χ3n) is 6.53. The van der Waals surface area contributed by atoms with E-state index in [2.05, 4.69) is 10.3 Å². The molecule has 0 spiro atoms. The van der Waals surface area contributed by atoms with Gasteiger partial charge in [-0.05, 0) is 49.9 Å². The number of alkyl halides is 1. The van der Waals surface area contributed by atoms with Gasteiger partial charge in [-0.1, -0.05) is 12.2 Å². The summed E-state index contributed by atoms with van der Waals surface area (Å²) in [4.78, 5) is 15.9. The van der Waals surface area contributed by atoms with Gasteiger partial charge >= 0.3 is 5.97 Å². The second-order valence-corrected chi connectivity index (χ2v) is 8.11. The number of hydrogen-bond acceptors (Lipinski definition) is 3. The van der Waals surface area contributed by atoms with Gasteiger partial charge in [0.05, 0.1) is 11.4 Å². The average Bonchev–Trinajstić information content (AvgIpc) is 2.97. The van der Waals surface area contributed by atoms with E-state index in [1.54, 1.807) is 0 Å². The molecular weight excluding hydrogens is 307 g/mol. The Morgan fingerprint density at radius 2 is 2.04 bits per heavy atom. The molecule has 4 saturated carbocycles. The molecule has 1 aromatic rings. The highest BCUT2D eigenvalue weighted by Gasteiger charge is 2.56. The molecule has 0 amide bonds. The fraction of sp³-hybridized carbons (Fsp3) is 0.579. The minimum Gasteiger partial charge on any atom is -0.478 e. The van der Waals surface area contributed by atoms with Crippen LogP contribution in [0.15, 0.2) is 12.3 Å². The summed E-state index contributed by atoms with van der Waals surface area (Å²) in [6.45, 7) is 0. The van der Waals surface area contributed by atoms with E-state index < -0.39 is 11.6 Å². The first-order valence-electron chi connectivity index (χ1n) is 8.89. The molecule has 2 atom stereocenters. The van der Waals surface area contributed by atoms with Crippen molar-refractivity contribution in [3.8, 4) is 0 Å². The van der Waals surface area contributed by atoms with Gasteiger partial charge in [-0.25, -0.2) is 9.18 Å². The van der Waals surface area contributed by atoms with Crippen LogP contribution in [-0.2, 0) is 6.42 Å². The number of pyridine rings is 1. The number of carboxylic acids is 1. The number of carbonyl (C=O) groups is 1. The topological polar surface area (TPSA) is 62.2 Å². The molecule has 0 saturated heterocycles. The minimum absolute atomic E-state index is 0.184. The maximum atomic E-state index is 14.9. The standard InChI is InChI=1S/C19H21FN2O2/c20-19-6-10-4-11(7-19)16(12(5-10)8-19)22-17-13-2-1-3-15(13)21-9-14(17)18(23)24/h1-2,9-12,16H,3-8H2,(H,21,22)(H,23,24). The third-order valence-corrected chi connectivity index (χ3v) is 6.53. The van der Waals surface area contributed by atoms with Crippen LogP contribution in [0.4, 0.5) is 10.1 Å². The van der Waals surface area contributed by atoms with Crippen LogP contribution in [0.1, 0.15) is 53.7 Å². The van der Waals surface area contributed by atoms with Gasteiger partial charge < -0.3 is 10.4 Å². The molecule has 6 rings (SSSR count). The number of aromatic carboxylic acids is 1. The lowest BCUT2D eigenvalue weighted by Gasteiger charge is -2.57. The van der Waals surface area contributed by atoms with E-state index in [1.807, 2.05) is 12.2 Å². The molecule has 2 N–H and O–H groups in total. The number of nitrogens with zero attached hydrogens (tertiary/aromatic N) is 1. The summed E-state index contributed by atoms with van der Waals surface area (Å²) in [6.07, 6.45) is 10.3. The van der Waals surface area contributed by atoms with Gasteiger partial charge in [0, 0.05) is 24.2 Å². The normalized spacial score (nSPS) is 38.4. The van der Waals surface area contributed by atoms with Crippen molar-refractivity contribution in [2.45, 2.75) is 50.2 Å². The van der Waals surface area contributed by atoms with Crippen LogP contribution in [0.5, 0.6) is 0 Å². The molecule has 24 heavy (non-hydrogen) atoms. The summed E-state index contributed by atoms with van der Waals surface area (Å²) < 4.78 is 14.9. The van der Waals surface area contributed by atoms with E-state index in [0.29, 0.717) is 36.3 Å². The molecule has 5 aliphatic rings. The first kappa shape index (κ1) is 14.4. The van der Waals surface area contributed by atoms with Crippen LogP contribution >= 0.6 is 0 Å². The Morgan fingerprint density at radius 1 is 1.29 bits per heavy atom. The molecule has 1 heterocycles. The molecule has 2 unspecified atom stereocenters. The Bertz CT molecular complexity index is 744. The predicted molar refractivity (Wildman–Crippen MR) is 88.7 cm³/mol. The van der Waals surface area contributed by atoms with Gasteiger partial charge in [-0.2, -0.15) is 0 Å². The number of allylic oxidation sites excluding steroid dienone is 1. The quantitative estimate of drug-likeness (QED) is 0.888. The number of halogens is 1. The lowest BCUT2D eigenvalue weighted by atomic mass is 9.53. The molecule has 5 heteroatoms. The third kappa shape index (κ3) is 2.03. The minimum atomic E-state index is -0.968. The smallest absolute Gasteiger partial charge is 0.339 e. The van der Waals surface area contributed by atoms with Crippen LogP contribution < -0.4 is 5.32 Å². The largest absolute Gasteiger partial charge is 0.478 e. The maximum Gasteiger partial charge on any atom is 0.339 e. The average molecular weight is 328 g/mol. The van der Waals surface area contributed by atoms with Crippen LogP contribution in [0.25, 0.3) is 6.08 Å². The van der Waals surface area contributed by atoms with Crippen molar-refractivity contribution in [1.29, 1.82) is 0 Å². The Labute approximate surface area is 140 Å². The van der Waals surface area contributed by atoms with E-state index in [9.17, 15) is 14.3 Å². The van der Waals surface area contributed by atoms with Gasteiger partial charge in [0.15, 0.2) is 0 Å². The zero-order valence-corrected chi connectivity index (χ0v) is 13.5. The van der Waals surface area contributed by atoms with Crippen molar-refractivity contribution in [2.24, 2.45) is 17.8 Å². The number of fused-ring (bicyclic) bond motifs is 1. The Morgan fingerprint density at radius 3 is 2.71 bits per heavy atom. The second kappa shape index (κ2) is 4.80. The number of hydrogen-bond donors (Lipinski definition) is 2. The van der Waals surface area contributed by atoms with Crippen molar-refractivity contribution in [3.63, 3.8) is 0 Å². The predicted octanol–water partition coefficient (Wildman–Crippen LogP) is 3.68. The van der Waals surface area contributed by atoms with Gasteiger partial charge in [0.25, 0.3) is 0 Å². The maximum absolute atomic E-state index is 14.9. The van der Waals surface area contributed by atoms with E-state index in [4.69, 9.17) is 0 Å². The van der Waals surface area contributed by atoms with Crippen LogP contribution in [-0.4, -0.2) is 27.8 Å². The van der Waals surface area contributed by atoms with Gasteiger partial charge in [-0.15, -0.1) is 0 Å². The van der Waals surface area contributed by atoms with Crippen LogP contribution in [0.3, 0.4) is 0 Å². The lowest BCUT2D eigenvalue weighted by molar-refractivity contribution is -0.0800. The molecule has 4 bridgehead atoms. The number of anilines is 1. The van der Waals surface area contributed by atoms with Gasteiger partial charge in [0.2, 0.25) is 0 Å². The summed E-state index contributed by atoms with van der Waals surface area (Å²) in [5.74, 6) is 0.195. The Balaban J connectivity index is 1.52. The molecule has 126 valence electrons. The van der Waals surface area contributed by atoms with Crippen molar-refractivity contribution in [2.75, 3.05) is 5.32 Å². The molecule has 0 radical (unpaired) electrons. The van der Waals surface area contributed by atoms with Gasteiger partial charge in [0.1, 0.15) is 11.2 Å². The zero-order chi connectivity index (χ0) is 16.5. The van der Waals surface area contributed by atoms with Crippen molar-refractivity contribution < 1.29 is 14.3 Å². The number of nitrogens with one attached hydrogen (secondary N) is 1. The molecule has 1 aromatic heterocycles. The van der Waals surface area contributed by atoms with Crippen molar-refractivity contribution in [3.05, 3.63) is 29.1 Å². The molecular formula is C19H21FN2O2. The Kier molecular flexibility index (Phi) is 2.89. The highest BCUT2D eigenvalue weighted by molar-refractivity contribution is 5.97. The molecule has 0 aliphatic heterocycles. The highest BCUT2D eigenvalue weighted by Crippen LogP contribution is 2.58. The van der Waals surface area contributed by atoms with Crippen molar-refractivity contribution in [1.82, 2.24) is 4.98 Å². The number of aromatic nitrogens is 1. The number of carboxylic acid groups (broad SMARTS) is 1. The fourth-order valence-corrected chi connectivity index (χ4v) is 5.84. The monoisotopic (exact) mass is 328 g/mol. The van der Waals surface area contributed by atoms with E-state index >= 15 is 0 Å². The van der Waals surface area contributed by atoms with E-state index in [-0.39, 0.29) is 11.6 Å².